The van der Waals surface area contributed by atoms with Gasteiger partial charge in [0.25, 0.3) is 0 Å². The van der Waals surface area contributed by atoms with E-state index >= 15 is 0 Å². The first-order valence-electron chi connectivity index (χ1n) is 3.56. The summed E-state index contributed by atoms with van der Waals surface area (Å²) in [4.78, 5) is 10.5. The van der Waals surface area contributed by atoms with Crippen LogP contribution in [0, 0.1) is 0 Å². The van der Waals surface area contributed by atoms with Gasteiger partial charge in [-0.2, -0.15) is 0 Å². The molecule has 3 nitrogen and oxygen atoms in total. The molecule has 0 aliphatic rings. The van der Waals surface area contributed by atoms with Crippen LogP contribution in [0.4, 0.5) is 0 Å². The molecule has 0 aromatic carbocycles. The standard InChI is InChI=1S/C8H15NO2/c1-7(4-5-11-3)6-9-8(2)10/h4H,5-6H2,1-3H3,(H,9,10)/b7-4+. The summed E-state index contributed by atoms with van der Waals surface area (Å²) in [6.45, 7) is 4.67. The molecule has 0 rings (SSSR count). The van der Waals surface area contributed by atoms with Gasteiger partial charge in [-0.1, -0.05) is 11.6 Å². The lowest BCUT2D eigenvalue weighted by Gasteiger charge is -2.01. The van der Waals surface area contributed by atoms with E-state index in [-0.39, 0.29) is 5.91 Å². The van der Waals surface area contributed by atoms with Crippen LogP contribution < -0.4 is 5.32 Å². The third kappa shape index (κ3) is 7.06. The van der Waals surface area contributed by atoms with Crippen molar-refractivity contribution >= 4 is 5.91 Å². The highest BCUT2D eigenvalue weighted by Crippen LogP contribution is 1.88. The van der Waals surface area contributed by atoms with Crippen LogP contribution >= 0.6 is 0 Å². The van der Waals surface area contributed by atoms with E-state index < -0.39 is 0 Å². The third-order valence-corrected chi connectivity index (χ3v) is 1.21. The Balaban J connectivity index is 3.50. The molecule has 0 aliphatic heterocycles. The normalized spacial score (nSPS) is 11.4. The molecule has 64 valence electrons. The molecular formula is C8H15NO2. The molecule has 0 saturated heterocycles. The topological polar surface area (TPSA) is 38.3 Å². The Hall–Kier alpha value is -0.830. The lowest BCUT2D eigenvalue weighted by atomic mass is 10.3. The number of ether oxygens (including phenoxy) is 1. The molecule has 3 heteroatoms. The number of hydrogen-bond donors (Lipinski definition) is 1. The zero-order valence-electron chi connectivity index (χ0n) is 7.31. The lowest BCUT2D eigenvalue weighted by Crippen LogP contribution is -2.21. The van der Waals surface area contributed by atoms with Crippen LogP contribution in [0.2, 0.25) is 0 Å². The fourth-order valence-electron chi connectivity index (χ4n) is 0.562. The second kappa shape index (κ2) is 5.92. The largest absolute Gasteiger partial charge is 0.381 e. The highest BCUT2D eigenvalue weighted by Gasteiger charge is 1.90. The first-order valence-corrected chi connectivity index (χ1v) is 3.56. The first-order chi connectivity index (χ1) is 5.16. The van der Waals surface area contributed by atoms with Gasteiger partial charge in [0.2, 0.25) is 5.91 Å². The van der Waals surface area contributed by atoms with Crippen molar-refractivity contribution in [1.82, 2.24) is 5.32 Å². The quantitative estimate of drug-likeness (QED) is 0.610. The van der Waals surface area contributed by atoms with Gasteiger partial charge < -0.3 is 10.1 Å². The number of rotatable bonds is 4. The number of hydrogen-bond acceptors (Lipinski definition) is 2. The number of methoxy groups -OCH3 is 1. The van der Waals surface area contributed by atoms with E-state index in [1.54, 1.807) is 7.11 Å². The van der Waals surface area contributed by atoms with Gasteiger partial charge >= 0.3 is 0 Å². The zero-order valence-corrected chi connectivity index (χ0v) is 7.31. The molecule has 1 N–H and O–H groups in total. The van der Waals surface area contributed by atoms with Crippen LogP contribution in [-0.4, -0.2) is 26.2 Å². The Kier molecular flexibility index (Phi) is 5.47. The molecular weight excluding hydrogens is 142 g/mol. The van der Waals surface area contributed by atoms with Gasteiger partial charge in [-0.05, 0) is 6.92 Å². The van der Waals surface area contributed by atoms with Gasteiger partial charge in [0.15, 0.2) is 0 Å². The minimum Gasteiger partial charge on any atom is -0.381 e. The predicted octanol–water partition coefficient (Wildman–Crippen LogP) is 0.715. The molecule has 0 atom stereocenters. The fourth-order valence-corrected chi connectivity index (χ4v) is 0.562. The maximum absolute atomic E-state index is 10.5. The van der Waals surface area contributed by atoms with Gasteiger partial charge in [0, 0.05) is 20.6 Å². The van der Waals surface area contributed by atoms with E-state index in [0.29, 0.717) is 13.2 Å². The minimum absolute atomic E-state index is 0.00448. The number of carbonyl (C=O) groups excluding carboxylic acids is 1. The zero-order chi connectivity index (χ0) is 8.69. The van der Waals surface area contributed by atoms with Crippen molar-refractivity contribution in [1.29, 1.82) is 0 Å². The molecule has 0 unspecified atom stereocenters. The molecule has 0 bridgehead atoms. The van der Waals surface area contributed by atoms with Crippen LogP contribution in [0.15, 0.2) is 11.6 Å². The predicted molar refractivity (Wildman–Crippen MR) is 44.3 cm³/mol. The van der Waals surface area contributed by atoms with Crippen LogP contribution in [0.25, 0.3) is 0 Å². The first kappa shape index (κ1) is 10.2. The molecule has 0 heterocycles. The van der Waals surface area contributed by atoms with Gasteiger partial charge in [-0.3, -0.25) is 4.79 Å². The summed E-state index contributed by atoms with van der Waals surface area (Å²) in [6, 6.07) is 0. The van der Waals surface area contributed by atoms with Crippen molar-refractivity contribution in [3.05, 3.63) is 11.6 Å². The van der Waals surface area contributed by atoms with Crippen molar-refractivity contribution in [3.8, 4) is 0 Å². The van der Waals surface area contributed by atoms with E-state index in [1.165, 1.54) is 6.92 Å². The Labute approximate surface area is 67.4 Å². The van der Waals surface area contributed by atoms with Crippen molar-refractivity contribution in [2.45, 2.75) is 13.8 Å². The number of carbonyl (C=O) groups is 1. The van der Waals surface area contributed by atoms with E-state index in [4.69, 9.17) is 4.74 Å². The molecule has 0 aromatic heterocycles. The van der Waals surface area contributed by atoms with Gasteiger partial charge in [0.1, 0.15) is 0 Å². The summed E-state index contributed by atoms with van der Waals surface area (Å²) in [6.07, 6.45) is 1.94. The fraction of sp³-hybridized carbons (Fsp3) is 0.625. The summed E-state index contributed by atoms with van der Waals surface area (Å²) in [5.41, 5.74) is 1.11. The summed E-state index contributed by atoms with van der Waals surface area (Å²) in [5, 5.41) is 2.69. The van der Waals surface area contributed by atoms with Crippen molar-refractivity contribution in [3.63, 3.8) is 0 Å². The third-order valence-electron chi connectivity index (χ3n) is 1.21. The second-order valence-corrected chi connectivity index (χ2v) is 2.42. The number of nitrogens with one attached hydrogen (secondary N) is 1. The Morgan fingerprint density at radius 3 is 2.64 bits per heavy atom. The maximum atomic E-state index is 10.5. The van der Waals surface area contributed by atoms with E-state index in [1.807, 2.05) is 13.0 Å². The molecule has 0 saturated carbocycles. The molecule has 1 amide bonds. The molecule has 0 fully saturated rings. The van der Waals surface area contributed by atoms with Gasteiger partial charge in [-0.15, -0.1) is 0 Å². The maximum Gasteiger partial charge on any atom is 0.217 e. The van der Waals surface area contributed by atoms with Crippen molar-refractivity contribution in [2.75, 3.05) is 20.3 Å². The highest BCUT2D eigenvalue weighted by atomic mass is 16.5. The van der Waals surface area contributed by atoms with Gasteiger partial charge in [0.05, 0.1) is 6.61 Å². The SMILES string of the molecule is COC/C=C(\C)CNC(C)=O. The van der Waals surface area contributed by atoms with Gasteiger partial charge in [-0.25, -0.2) is 0 Å². The smallest absolute Gasteiger partial charge is 0.217 e. The van der Waals surface area contributed by atoms with Crippen LogP contribution in [0.1, 0.15) is 13.8 Å². The van der Waals surface area contributed by atoms with Crippen LogP contribution in [-0.2, 0) is 9.53 Å². The molecule has 0 spiro atoms. The van der Waals surface area contributed by atoms with Crippen molar-refractivity contribution in [2.24, 2.45) is 0 Å². The Morgan fingerprint density at radius 1 is 1.55 bits per heavy atom. The summed E-state index contributed by atoms with van der Waals surface area (Å²) in [7, 11) is 1.64. The average molecular weight is 157 g/mol. The Bertz CT molecular complexity index is 152. The summed E-state index contributed by atoms with van der Waals surface area (Å²) < 4.78 is 4.83. The molecule has 0 radical (unpaired) electrons. The van der Waals surface area contributed by atoms with E-state index in [2.05, 4.69) is 5.32 Å². The monoisotopic (exact) mass is 157 g/mol. The Morgan fingerprint density at radius 2 is 2.18 bits per heavy atom. The highest BCUT2D eigenvalue weighted by molar-refractivity contribution is 5.73. The summed E-state index contributed by atoms with van der Waals surface area (Å²) in [5.74, 6) is -0.00448. The average Bonchev–Trinajstić information content (AvgIpc) is 1.97. The van der Waals surface area contributed by atoms with Crippen molar-refractivity contribution < 1.29 is 9.53 Å². The summed E-state index contributed by atoms with van der Waals surface area (Å²) >= 11 is 0. The van der Waals surface area contributed by atoms with Crippen LogP contribution in [0.3, 0.4) is 0 Å². The minimum atomic E-state index is -0.00448. The number of amides is 1. The molecule has 11 heavy (non-hydrogen) atoms. The lowest BCUT2D eigenvalue weighted by molar-refractivity contribution is -0.118. The van der Waals surface area contributed by atoms with E-state index in [9.17, 15) is 4.79 Å². The van der Waals surface area contributed by atoms with Crippen LogP contribution in [0.5, 0.6) is 0 Å². The second-order valence-electron chi connectivity index (χ2n) is 2.42. The molecule has 0 aromatic rings. The van der Waals surface area contributed by atoms with E-state index in [0.717, 1.165) is 5.57 Å². The molecule has 0 aliphatic carbocycles.